The zero-order valence-corrected chi connectivity index (χ0v) is 16.5. The fourth-order valence-corrected chi connectivity index (χ4v) is 4.00. The minimum atomic E-state index is -0.583. The van der Waals surface area contributed by atoms with Crippen LogP contribution in [0.3, 0.4) is 0 Å². The van der Waals surface area contributed by atoms with Crippen LogP contribution >= 0.6 is 58.8 Å². The summed E-state index contributed by atoms with van der Waals surface area (Å²) in [5, 5.41) is 11.7. The van der Waals surface area contributed by atoms with E-state index in [9.17, 15) is 14.9 Å². The van der Waals surface area contributed by atoms with Crippen molar-refractivity contribution in [2.45, 2.75) is 0 Å². The Morgan fingerprint density at radius 2 is 1.77 bits per heavy atom. The zero-order chi connectivity index (χ0) is 19.0. The van der Waals surface area contributed by atoms with Crippen molar-refractivity contribution in [2.24, 2.45) is 0 Å². The molecule has 0 N–H and O–H groups in total. The molecular weight excluding hydrogens is 439 g/mol. The van der Waals surface area contributed by atoms with E-state index >= 15 is 0 Å². The lowest BCUT2D eigenvalue weighted by Crippen LogP contribution is -2.27. The predicted molar refractivity (Wildman–Crippen MR) is 110 cm³/mol. The fourth-order valence-electron chi connectivity index (χ4n) is 2.23. The maximum atomic E-state index is 12.7. The van der Waals surface area contributed by atoms with Crippen molar-refractivity contribution in [2.75, 3.05) is 4.90 Å². The molecule has 1 aliphatic heterocycles. The van der Waals surface area contributed by atoms with Crippen LogP contribution in [0.15, 0.2) is 41.3 Å². The molecule has 132 valence electrons. The molecule has 5 nitrogen and oxygen atoms in total. The molecule has 3 rings (SSSR count). The number of benzene rings is 2. The number of hydrogen-bond donors (Lipinski definition) is 0. The predicted octanol–water partition coefficient (Wildman–Crippen LogP) is 5.96. The number of rotatable bonds is 3. The number of nitrogens with zero attached hydrogens (tertiary/aromatic N) is 2. The lowest BCUT2D eigenvalue weighted by molar-refractivity contribution is -0.384. The summed E-state index contributed by atoms with van der Waals surface area (Å²) in [4.78, 5) is 24.8. The van der Waals surface area contributed by atoms with Crippen LogP contribution in [0.2, 0.25) is 15.1 Å². The maximum absolute atomic E-state index is 12.7. The Balaban J connectivity index is 1.96. The normalized spacial score (nSPS) is 15.8. The van der Waals surface area contributed by atoms with Gasteiger partial charge in [0.25, 0.3) is 11.6 Å². The van der Waals surface area contributed by atoms with Gasteiger partial charge in [0.1, 0.15) is 5.02 Å². The lowest BCUT2D eigenvalue weighted by Gasteiger charge is -2.15. The zero-order valence-electron chi connectivity index (χ0n) is 12.6. The number of halogens is 3. The Bertz CT molecular complexity index is 995. The minimum Gasteiger partial charge on any atom is -0.268 e. The second-order valence-electron chi connectivity index (χ2n) is 5.08. The van der Waals surface area contributed by atoms with Crippen LogP contribution in [0.1, 0.15) is 5.56 Å². The van der Waals surface area contributed by atoms with Gasteiger partial charge in [0.05, 0.1) is 25.6 Å². The highest BCUT2D eigenvalue weighted by Gasteiger charge is 2.33. The number of anilines is 1. The summed E-state index contributed by atoms with van der Waals surface area (Å²) in [6.45, 7) is 0. The molecule has 1 fully saturated rings. The van der Waals surface area contributed by atoms with Crippen LogP contribution in [0.5, 0.6) is 0 Å². The minimum absolute atomic E-state index is 0.0236. The number of carbonyl (C=O) groups excluding carboxylic acids is 1. The first-order valence-electron chi connectivity index (χ1n) is 6.95. The highest BCUT2D eigenvalue weighted by molar-refractivity contribution is 8.27. The van der Waals surface area contributed by atoms with Crippen molar-refractivity contribution in [1.29, 1.82) is 0 Å². The van der Waals surface area contributed by atoms with E-state index in [2.05, 4.69) is 0 Å². The fraction of sp³-hybridized carbons (Fsp3) is 0. The van der Waals surface area contributed by atoms with E-state index in [0.29, 0.717) is 30.5 Å². The monoisotopic (exact) mass is 444 g/mol. The molecule has 1 saturated heterocycles. The van der Waals surface area contributed by atoms with Gasteiger partial charge in [-0.3, -0.25) is 19.8 Å². The van der Waals surface area contributed by atoms with Gasteiger partial charge in [-0.25, -0.2) is 0 Å². The van der Waals surface area contributed by atoms with Crippen LogP contribution < -0.4 is 4.90 Å². The number of nitro groups is 1. The summed E-state index contributed by atoms with van der Waals surface area (Å²) in [7, 11) is 0. The molecule has 0 aliphatic carbocycles. The third kappa shape index (κ3) is 3.72. The summed E-state index contributed by atoms with van der Waals surface area (Å²) < 4.78 is 0.322. The molecule has 1 heterocycles. The van der Waals surface area contributed by atoms with Gasteiger partial charge < -0.3 is 0 Å². The molecule has 0 spiro atoms. The molecule has 2 aromatic rings. The second-order valence-corrected chi connectivity index (χ2v) is 7.98. The van der Waals surface area contributed by atoms with Crippen LogP contribution in [-0.4, -0.2) is 15.2 Å². The van der Waals surface area contributed by atoms with Crippen molar-refractivity contribution in [3.63, 3.8) is 0 Å². The molecule has 1 amide bonds. The first-order valence-corrected chi connectivity index (χ1v) is 9.31. The Morgan fingerprint density at radius 1 is 1.08 bits per heavy atom. The van der Waals surface area contributed by atoms with Crippen molar-refractivity contribution >= 4 is 86.5 Å². The van der Waals surface area contributed by atoms with Crippen molar-refractivity contribution < 1.29 is 9.72 Å². The van der Waals surface area contributed by atoms with E-state index in [0.717, 1.165) is 11.8 Å². The second kappa shape index (κ2) is 7.54. The highest BCUT2D eigenvalue weighted by Crippen LogP contribution is 2.38. The Hall–Kier alpha value is -1.64. The van der Waals surface area contributed by atoms with Gasteiger partial charge in [-0.2, -0.15) is 0 Å². The average Bonchev–Trinajstić information content (AvgIpc) is 2.85. The Labute approximate surface area is 172 Å². The van der Waals surface area contributed by atoms with Crippen molar-refractivity contribution in [1.82, 2.24) is 0 Å². The van der Waals surface area contributed by atoms with Gasteiger partial charge in [-0.05, 0) is 35.9 Å². The van der Waals surface area contributed by atoms with Gasteiger partial charge in [0, 0.05) is 6.07 Å². The van der Waals surface area contributed by atoms with E-state index in [1.807, 2.05) is 0 Å². The van der Waals surface area contributed by atoms with Gasteiger partial charge in [0.15, 0.2) is 4.32 Å². The van der Waals surface area contributed by atoms with E-state index in [1.54, 1.807) is 24.3 Å². The van der Waals surface area contributed by atoms with E-state index < -0.39 is 4.92 Å². The number of thioether (sulfide) groups is 1. The van der Waals surface area contributed by atoms with Gasteiger partial charge >= 0.3 is 0 Å². The quantitative estimate of drug-likeness (QED) is 0.252. The number of hydrogen-bond acceptors (Lipinski definition) is 5. The Kier molecular flexibility index (Phi) is 5.55. The van der Waals surface area contributed by atoms with Gasteiger partial charge in [-0.15, -0.1) is 0 Å². The summed E-state index contributed by atoms with van der Waals surface area (Å²) in [5.74, 6) is -0.351. The lowest BCUT2D eigenvalue weighted by atomic mass is 10.2. The standard InChI is InChI=1S/C16H7Cl3N2O3S2/c17-10-4-2-9(7-12(10)19)20-15(22)14(26-16(20)25)6-8-1-3-11(18)13(5-8)21(23)24/h1-7H/b14-6+. The molecule has 2 aromatic carbocycles. The average molecular weight is 446 g/mol. The Morgan fingerprint density at radius 3 is 2.42 bits per heavy atom. The molecule has 0 radical (unpaired) electrons. The van der Waals surface area contributed by atoms with Gasteiger partial charge in [-0.1, -0.05) is 64.8 Å². The molecule has 10 heteroatoms. The first-order chi connectivity index (χ1) is 12.3. The van der Waals surface area contributed by atoms with Crippen LogP contribution in [-0.2, 0) is 4.79 Å². The van der Waals surface area contributed by atoms with Crippen LogP contribution in [0.25, 0.3) is 6.08 Å². The smallest absolute Gasteiger partial charge is 0.268 e. The summed E-state index contributed by atoms with van der Waals surface area (Å²) in [5.41, 5.74) is 0.725. The molecule has 0 bridgehead atoms. The molecule has 0 atom stereocenters. The van der Waals surface area contributed by atoms with E-state index in [4.69, 9.17) is 47.0 Å². The van der Waals surface area contributed by atoms with Crippen molar-refractivity contribution in [3.05, 3.63) is 72.0 Å². The van der Waals surface area contributed by atoms with E-state index in [1.165, 1.54) is 23.1 Å². The third-order valence-corrected chi connectivity index (χ3v) is 5.78. The summed E-state index contributed by atoms with van der Waals surface area (Å²) in [6, 6.07) is 9.05. The summed E-state index contributed by atoms with van der Waals surface area (Å²) >= 11 is 24.1. The molecule has 0 unspecified atom stereocenters. The number of nitro benzene ring substituents is 1. The van der Waals surface area contributed by atoms with E-state index in [-0.39, 0.29) is 16.6 Å². The molecule has 1 aliphatic rings. The maximum Gasteiger partial charge on any atom is 0.288 e. The largest absolute Gasteiger partial charge is 0.288 e. The molecule has 0 aromatic heterocycles. The van der Waals surface area contributed by atoms with Gasteiger partial charge in [0.2, 0.25) is 0 Å². The first kappa shape index (κ1) is 19.1. The summed E-state index contributed by atoms with van der Waals surface area (Å²) in [6.07, 6.45) is 1.53. The molecule has 26 heavy (non-hydrogen) atoms. The number of thiocarbonyl (C=S) groups is 1. The van der Waals surface area contributed by atoms with Crippen LogP contribution in [0.4, 0.5) is 11.4 Å². The van der Waals surface area contributed by atoms with Crippen molar-refractivity contribution in [3.8, 4) is 0 Å². The number of carbonyl (C=O) groups is 1. The molecule has 0 saturated carbocycles. The topological polar surface area (TPSA) is 63.4 Å². The molecular formula is C16H7Cl3N2O3S2. The third-order valence-electron chi connectivity index (χ3n) is 3.42. The highest BCUT2D eigenvalue weighted by atomic mass is 35.5. The SMILES string of the molecule is O=C1/C(=C\c2ccc(Cl)c([N+](=O)[O-])c2)SC(=S)N1c1ccc(Cl)c(Cl)c1. The number of amides is 1. The van der Waals surface area contributed by atoms with Crippen LogP contribution in [0, 0.1) is 10.1 Å².